The van der Waals surface area contributed by atoms with E-state index in [4.69, 9.17) is 5.73 Å². The van der Waals surface area contributed by atoms with Crippen molar-refractivity contribution in [2.45, 2.75) is 58.3 Å². The lowest BCUT2D eigenvalue weighted by Gasteiger charge is -2.21. The molecule has 0 heterocycles. The van der Waals surface area contributed by atoms with Gasteiger partial charge in [0.05, 0.1) is 0 Å². The minimum atomic E-state index is 0.243. The first-order valence-electron chi connectivity index (χ1n) is 7.23. The van der Waals surface area contributed by atoms with Gasteiger partial charge in [0.2, 0.25) is 5.91 Å². The van der Waals surface area contributed by atoms with Crippen molar-refractivity contribution in [3.63, 3.8) is 0 Å². The Morgan fingerprint density at radius 2 is 2.06 bits per heavy atom. The third kappa shape index (κ3) is 6.06. The lowest BCUT2D eigenvalue weighted by molar-refractivity contribution is -0.122. The summed E-state index contributed by atoms with van der Waals surface area (Å²) in [6.07, 6.45) is 9.30. The molecule has 0 aromatic rings. The molecule has 17 heavy (non-hydrogen) atoms. The van der Waals surface area contributed by atoms with Crippen LogP contribution in [0.15, 0.2) is 0 Å². The third-order valence-electron chi connectivity index (χ3n) is 3.94. The van der Waals surface area contributed by atoms with Gasteiger partial charge >= 0.3 is 0 Å². The van der Waals surface area contributed by atoms with E-state index in [9.17, 15) is 4.79 Å². The summed E-state index contributed by atoms with van der Waals surface area (Å²) in [4.78, 5) is 11.8. The molecular formula is C14H28N2O. The summed E-state index contributed by atoms with van der Waals surface area (Å²) in [6, 6.07) is 0. The zero-order valence-corrected chi connectivity index (χ0v) is 11.2. The lowest BCUT2D eigenvalue weighted by Crippen LogP contribution is -2.31. The summed E-state index contributed by atoms with van der Waals surface area (Å²) in [5.74, 6) is 1.43. The van der Waals surface area contributed by atoms with E-state index in [1.165, 1.54) is 32.1 Å². The SMILES string of the molecule is CCC(CCN)CNC(=O)CC1CCCCC1. The summed E-state index contributed by atoms with van der Waals surface area (Å²) in [5, 5.41) is 3.07. The standard InChI is InChI=1S/C14H28N2O/c1-2-12(8-9-15)11-16-14(17)10-13-6-4-3-5-7-13/h12-13H,2-11,15H2,1H3,(H,16,17). The van der Waals surface area contributed by atoms with Crippen molar-refractivity contribution in [1.82, 2.24) is 5.32 Å². The minimum absolute atomic E-state index is 0.243. The van der Waals surface area contributed by atoms with Crippen molar-refractivity contribution in [1.29, 1.82) is 0 Å². The van der Waals surface area contributed by atoms with Crippen molar-refractivity contribution in [2.75, 3.05) is 13.1 Å². The Morgan fingerprint density at radius 3 is 2.65 bits per heavy atom. The molecule has 0 radical (unpaired) electrons. The van der Waals surface area contributed by atoms with Gasteiger partial charge < -0.3 is 11.1 Å². The third-order valence-corrected chi connectivity index (χ3v) is 3.94. The molecule has 1 rings (SSSR count). The predicted octanol–water partition coefficient (Wildman–Crippen LogP) is 2.45. The molecule has 100 valence electrons. The molecule has 1 aliphatic rings. The Balaban J connectivity index is 2.14. The summed E-state index contributed by atoms with van der Waals surface area (Å²) < 4.78 is 0. The fourth-order valence-electron chi connectivity index (χ4n) is 2.67. The number of hydrogen-bond acceptors (Lipinski definition) is 2. The zero-order valence-electron chi connectivity index (χ0n) is 11.2. The predicted molar refractivity (Wildman–Crippen MR) is 71.7 cm³/mol. The van der Waals surface area contributed by atoms with Gasteiger partial charge in [-0.05, 0) is 37.6 Å². The van der Waals surface area contributed by atoms with Gasteiger partial charge in [0.15, 0.2) is 0 Å². The Bertz CT molecular complexity index is 212. The Labute approximate surface area is 106 Å². The van der Waals surface area contributed by atoms with E-state index in [2.05, 4.69) is 12.2 Å². The summed E-state index contributed by atoms with van der Waals surface area (Å²) in [5.41, 5.74) is 5.55. The highest BCUT2D eigenvalue weighted by Gasteiger charge is 2.17. The van der Waals surface area contributed by atoms with E-state index < -0.39 is 0 Å². The number of hydrogen-bond donors (Lipinski definition) is 2. The van der Waals surface area contributed by atoms with Crippen LogP contribution in [-0.4, -0.2) is 19.0 Å². The van der Waals surface area contributed by atoms with Crippen LogP contribution in [0, 0.1) is 11.8 Å². The number of nitrogens with one attached hydrogen (secondary N) is 1. The van der Waals surface area contributed by atoms with Gasteiger partial charge in [0, 0.05) is 13.0 Å². The Morgan fingerprint density at radius 1 is 1.35 bits per heavy atom. The monoisotopic (exact) mass is 240 g/mol. The molecule has 3 heteroatoms. The van der Waals surface area contributed by atoms with Crippen LogP contribution in [0.2, 0.25) is 0 Å². The molecule has 1 aliphatic carbocycles. The molecule has 0 aliphatic heterocycles. The fraction of sp³-hybridized carbons (Fsp3) is 0.929. The van der Waals surface area contributed by atoms with E-state index in [0.29, 0.717) is 11.8 Å². The van der Waals surface area contributed by atoms with Crippen molar-refractivity contribution < 1.29 is 4.79 Å². The molecule has 0 saturated heterocycles. The van der Waals surface area contributed by atoms with Crippen LogP contribution in [0.4, 0.5) is 0 Å². The largest absolute Gasteiger partial charge is 0.356 e. The number of rotatable bonds is 7. The van der Waals surface area contributed by atoms with Crippen molar-refractivity contribution >= 4 is 5.91 Å². The molecule has 1 fully saturated rings. The number of carbonyl (C=O) groups is 1. The van der Waals surface area contributed by atoms with Crippen LogP contribution in [0.25, 0.3) is 0 Å². The first-order chi connectivity index (χ1) is 8.26. The van der Waals surface area contributed by atoms with Gasteiger partial charge in [-0.25, -0.2) is 0 Å². The average Bonchev–Trinajstić information content (AvgIpc) is 2.35. The van der Waals surface area contributed by atoms with Gasteiger partial charge in [-0.1, -0.05) is 32.6 Å². The maximum Gasteiger partial charge on any atom is 0.220 e. The molecular weight excluding hydrogens is 212 g/mol. The van der Waals surface area contributed by atoms with Crippen LogP contribution in [0.3, 0.4) is 0 Å². The highest BCUT2D eigenvalue weighted by molar-refractivity contribution is 5.76. The van der Waals surface area contributed by atoms with E-state index in [-0.39, 0.29) is 5.91 Å². The van der Waals surface area contributed by atoms with Crippen LogP contribution >= 0.6 is 0 Å². The molecule has 3 N–H and O–H groups in total. The van der Waals surface area contributed by atoms with Gasteiger partial charge in [-0.15, -0.1) is 0 Å². The molecule has 0 aromatic heterocycles. The number of carbonyl (C=O) groups excluding carboxylic acids is 1. The maximum absolute atomic E-state index is 11.8. The highest BCUT2D eigenvalue weighted by atomic mass is 16.1. The zero-order chi connectivity index (χ0) is 12.5. The van der Waals surface area contributed by atoms with Crippen molar-refractivity contribution in [2.24, 2.45) is 17.6 Å². The highest BCUT2D eigenvalue weighted by Crippen LogP contribution is 2.26. The Hall–Kier alpha value is -0.570. The lowest BCUT2D eigenvalue weighted by atomic mass is 9.87. The first kappa shape index (κ1) is 14.5. The second-order valence-electron chi connectivity index (χ2n) is 5.36. The van der Waals surface area contributed by atoms with Crippen LogP contribution in [0.1, 0.15) is 58.3 Å². The molecule has 0 bridgehead atoms. The smallest absolute Gasteiger partial charge is 0.220 e. The van der Waals surface area contributed by atoms with Crippen LogP contribution in [-0.2, 0) is 4.79 Å². The van der Waals surface area contributed by atoms with E-state index >= 15 is 0 Å². The topological polar surface area (TPSA) is 55.1 Å². The van der Waals surface area contributed by atoms with Crippen molar-refractivity contribution in [3.05, 3.63) is 0 Å². The molecule has 0 spiro atoms. The molecule has 1 saturated carbocycles. The summed E-state index contributed by atoms with van der Waals surface area (Å²) >= 11 is 0. The second-order valence-corrected chi connectivity index (χ2v) is 5.36. The normalized spacial score (nSPS) is 18.9. The van der Waals surface area contributed by atoms with Crippen molar-refractivity contribution in [3.8, 4) is 0 Å². The quantitative estimate of drug-likeness (QED) is 0.718. The molecule has 1 unspecified atom stereocenters. The molecule has 3 nitrogen and oxygen atoms in total. The number of nitrogens with two attached hydrogens (primary N) is 1. The van der Waals surface area contributed by atoms with Gasteiger partial charge in [-0.2, -0.15) is 0 Å². The molecule has 1 amide bonds. The summed E-state index contributed by atoms with van der Waals surface area (Å²) in [7, 11) is 0. The maximum atomic E-state index is 11.8. The first-order valence-corrected chi connectivity index (χ1v) is 7.23. The van der Waals surface area contributed by atoms with Crippen LogP contribution < -0.4 is 11.1 Å². The average molecular weight is 240 g/mol. The van der Waals surface area contributed by atoms with Gasteiger partial charge in [-0.3, -0.25) is 4.79 Å². The minimum Gasteiger partial charge on any atom is -0.356 e. The van der Waals surface area contributed by atoms with E-state index in [1.807, 2.05) is 0 Å². The van der Waals surface area contributed by atoms with Crippen LogP contribution in [0.5, 0.6) is 0 Å². The van der Waals surface area contributed by atoms with E-state index in [1.54, 1.807) is 0 Å². The fourth-order valence-corrected chi connectivity index (χ4v) is 2.67. The summed E-state index contributed by atoms with van der Waals surface area (Å²) in [6.45, 7) is 3.68. The Kier molecular flexibility index (Phi) is 7.25. The molecule has 0 aromatic carbocycles. The number of amides is 1. The van der Waals surface area contributed by atoms with Gasteiger partial charge in [0.1, 0.15) is 0 Å². The van der Waals surface area contributed by atoms with E-state index in [0.717, 1.165) is 32.4 Å². The molecule has 1 atom stereocenters. The second kappa shape index (κ2) is 8.51. The van der Waals surface area contributed by atoms with Gasteiger partial charge in [0.25, 0.3) is 0 Å².